The van der Waals surface area contributed by atoms with Crippen molar-refractivity contribution >= 4 is 10.9 Å². The summed E-state index contributed by atoms with van der Waals surface area (Å²) in [5.74, 6) is 0.909. The Hall–Kier alpha value is -1.48. The van der Waals surface area contributed by atoms with E-state index in [9.17, 15) is 0 Å². The van der Waals surface area contributed by atoms with Gasteiger partial charge in [0.1, 0.15) is 5.75 Å². The number of hydrogen-bond donors (Lipinski definition) is 1. The van der Waals surface area contributed by atoms with E-state index in [1.54, 1.807) is 7.11 Å². The molecule has 0 bridgehead atoms. The summed E-state index contributed by atoms with van der Waals surface area (Å²) in [5.41, 5.74) is 3.92. The Balaban J connectivity index is 2.47. The molecule has 1 heterocycles. The predicted octanol–water partition coefficient (Wildman–Crippen LogP) is 2.99. The van der Waals surface area contributed by atoms with Gasteiger partial charge in [-0.3, -0.25) is 0 Å². The van der Waals surface area contributed by atoms with Gasteiger partial charge in [0, 0.05) is 36.8 Å². The standard InChI is InChI=1S/C15H22N2O/c1-10(2)16-9-15-11(3)13-7-6-12(18-5)8-14(13)17(15)4/h6-8,10,16H,9H2,1-5H3. The van der Waals surface area contributed by atoms with Gasteiger partial charge in [0.2, 0.25) is 0 Å². The molecule has 2 rings (SSSR count). The second-order valence-corrected chi connectivity index (χ2v) is 5.05. The molecule has 0 aliphatic heterocycles. The van der Waals surface area contributed by atoms with Gasteiger partial charge >= 0.3 is 0 Å². The number of aryl methyl sites for hydroxylation is 2. The van der Waals surface area contributed by atoms with Gasteiger partial charge in [-0.2, -0.15) is 0 Å². The third-order valence-corrected chi connectivity index (χ3v) is 3.49. The zero-order chi connectivity index (χ0) is 13.3. The van der Waals surface area contributed by atoms with Crippen LogP contribution in [0.3, 0.4) is 0 Å². The van der Waals surface area contributed by atoms with E-state index in [1.165, 1.54) is 22.2 Å². The highest BCUT2D eigenvalue weighted by Crippen LogP contribution is 2.28. The average molecular weight is 246 g/mol. The largest absolute Gasteiger partial charge is 0.497 e. The summed E-state index contributed by atoms with van der Waals surface area (Å²) in [7, 11) is 3.82. The van der Waals surface area contributed by atoms with E-state index in [4.69, 9.17) is 4.74 Å². The van der Waals surface area contributed by atoms with Crippen LogP contribution in [0, 0.1) is 6.92 Å². The fourth-order valence-electron chi connectivity index (χ4n) is 2.34. The molecular formula is C15H22N2O. The number of nitrogens with zero attached hydrogens (tertiary/aromatic N) is 1. The average Bonchev–Trinajstić information content (AvgIpc) is 2.59. The van der Waals surface area contributed by atoms with Gasteiger partial charge in [-0.1, -0.05) is 13.8 Å². The van der Waals surface area contributed by atoms with Crippen LogP contribution >= 0.6 is 0 Å². The summed E-state index contributed by atoms with van der Waals surface area (Å²) < 4.78 is 7.55. The molecule has 0 amide bonds. The van der Waals surface area contributed by atoms with E-state index < -0.39 is 0 Å². The number of hydrogen-bond acceptors (Lipinski definition) is 2. The molecule has 3 heteroatoms. The van der Waals surface area contributed by atoms with Crippen molar-refractivity contribution in [3.63, 3.8) is 0 Å². The molecule has 0 radical (unpaired) electrons. The van der Waals surface area contributed by atoms with Gasteiger partial charge in [0.05, 0.1) is 12.6 Å². The van der Waals surface area contributed by atoms with Crippen molar-refractivity contribution in [1.82, 2.24) is 9.88 Å². The molecule has 1 aromatic heterocycles. The number of fused-ring (bicyclic) bond motifs is 1. The number of ether oxygens (including phenoxy) is 1. The molecule has 0 saturated carbocycles. The van der Waals surface area contributed by atoms with Crippen LogP contribution in [-0.4, -0.2) is 17.7 Å². The van der Waals surface area contributed by atoms with Gasteiger partial charge in [-0.25, -0.2) is 0 Å². The van der Waals surface area contributed by atoms with Gasteiger partial charge in [-0.05, 0) is 24.6 Å². The number of rotatable bonds is 4. The summed E-state index contributed by atoms with van der Waals surface area (Å²) in [6, 6.07) is 6.76. The highest BCUT2D eigenvalue weighted by molar-refractivity contribution is 5.86. The summed E-state index contributed by atoms with van der Waals surface area (Å²) in [4.78, 5) is 0. The molecule has 18 heavy (non-hydrogen) atoms. The van der Waals surface area contributed by atoms with Crippen LogP contribution in [0.15, 0.2) is 18.2 Å². The summed E-state index contributed by atoms with van der Waals surface area (Å²) in [6.45, 7) is 7.42. The van der Waals surface area contributed by atoms with E-state index in [2.05, 4.69) is 49.8 Å². The third-order valence-electron chi connectivity index (χ3n) is 3.49. The molecular weight excluding hydrogens is 224 g/mol. The molecule has 0 spiro atoms. The minimum Gasteiger partial charge on any atom is -0.497 e. The molecule has 0 unspecified atom stereocenters. The number of aromatic nitrogens is 1. The predicted molar refractivity (Wildman–Crippen MR) is 76.2 cm³/mol. The first-order chi connectivity index (χ1) is 8.54. The van der Waals surface area contributed by atoms with Crippen LogP contribution < -0.4 is 10.1 Å². The van der Waals surface area contributed by atoms with E-state index in [1.807, 2.05) is 6.07 Å². The van der Waals surface area contributed by atoms with Gasteiger partial charge in [-0.15, -0.1) is 0 Å². The minimum atomic E-state index is 0.497. The Morgan fingerprint density at radius 2 is 2.06 bits per heavy atom. The molecule has 1 aromatic carbocycles. The summed E-state index contributed by atoms with van der Waals surface area (Å²) in [5, 5.41) is 4.79. The first kappa shape index (κ1) is 13.0. The van der Waals surface area contributed by atoms with Crippen LogP contribution in [0.4, 0.5) is 0 Å². The van der Waals surface area contributed by atoms with Crippen molar-refractivity contribution in [3.8, 4) is 5.75 Å². The van der Waals surface area contributed by atoms with E-state index >= 15 is 0 Å². The molecule has 2 aromatic rings. The van der Waals surface area contributed by atoms with Gasteiger partial charge in [0.15, 0.2) is 0 Å². The maximum atomic E-state index is 5.30. The molecule has 3 nitrogen and oxygen atoms in total. The molecule has 1 N–H and O–H groups in total. The van der Waals surface area contributed by atoms with Crippen LogP contribution in [0.1, 0.15) is 25.1 Å². The van der Waals surface area contributed by atoms with E-state index in [0.29, 0.717) is 6.04 Å². The number of benzene rings is 1. The van der Waals surface area contributed by atoms with Gasteiger partial charge < -0.3 is 14.6 Å². The molecule has 0 aliphatic carbocycles. The van der Waals surface area contributed by atoms with Crippen molar-refractivity contribution in [2.75, 3.05) is 7.11 Å². The highest BCUT2D eigenvalue weighted by Gasteiger charge is 2.12. The fourth-order valence-corrected chi connectivity index (χ4v) is 2.34. The molecule has 0 fully saturated rings. The first-order valence-corrected chi connectivity index (χ1v) is 6.40. The van der Waals surface area contributed by atoms with Crippen molar-refractivity contribution in [3.05, 3.63) is 29.5 Å². The number of nitrogens with one attached hydrogen (secondary N) is 1. The topological polar surface area (TPSA) is 26.2 Å². The lowest BCUT2D eigenvalue weighted by Gasteiger charge is -2.10. The smallest absolute Gasteiger partial charge is 0.120 e. The minimum absolute atomic E-state index is 0.497. The van der Waals surface area contributed by atoms with Crippen molar-refractivity contribution in [2.45, 2.75) is 33.4 Å². The van der Waals surface area contributed by atoms with Crippen LogP contribution in [0.5, 0.6) is 5.75 Å². The highest BCUT2D eigenvalue weighted by atomic mass is 16.5. The Morgan fingerprint density at radius 3 is 2.67 bits per heavy atom. The van der Waals surface area contributed by atoms with Crippen LogP contribution in [0.25, 0.3) is 10.9 Å². The SMILES string of the molecule is COc1ccc2c(C)c(CNC(C)C)n(C)c2c1. The second-order valence-electron chi connectivity index (χ2n) is 5.05. The van der Waals surface area contributed by atoms with Crippen molar-refractivity contribution < 1.29 is 4.74 Å². The van der Waals surface area contributed by atoms with E-state index in [-0.39, 0.29) is 0 Å². The maximum Gasteiger partial charge on any atom is 0.120 e. The van der Waals surface area contributed by atoms with Crippen LogP contribution in [0.2, 0.25) is 0 Å². The monoisotopic (exact) mass is 246 g/mol. The molecule has 0 saturated heterocycles. The first-order valence-electron chi connectivity index (χ1n) is 6.40. The van der Waals surface area contributed by atoms with Crippen LogP contribution in [-0.2, 0) is 13.6 Å². The number of methoxy groups -OCH3 is 1. The Morgan fingerprint density at radius 1 is 1.33 bits per heavy atom. The quantitative estimate of drug-likeness (QED) is 0.897. The third kappa shape index (κ3) is 2.23. The lowest BCUT2D eigenvalue weighted by Crippen LogP contribution is -2.23. The lowest BCUT2D eigenvalue weighted by atomic mass is 10.1. The fraction of sp³-hybridized carbons (Fsp3) is 0.467. The second kappa shape index (κ2) is 5.02. The summed E-state index contributed by atoms with van der Waals surface area (Å²) in [6.07, 6.45) is 0. The summed E-state index contributed by atoms with van der Waals surface area (Å²) >= 11 is 0. The zero-order valence-electron chi connectivity index (χ0n) is 11.9. The van der Waals surface area contributed by atoms with Crippen molar-refractivity contribution in [1.29, 1.82) is 0 Å². The lowest BCUT2D eigenvalue weighted by molar-refractivity contribution is 0.415. The molecule has 0 aliphatic rings. The zero-order valence-corrected chi connectivity index (χ0v) is 11.9. The Labute approximate surface area is 109 Å². The van der Waals surface area contributed by atoms with Crippen molar-refractivity contribution in [2.24, 2.45) is 7.05 Å². The molecule has 98 valence electrons. The normalized spacial score (nSPS) is 11.4. The Kier molecular flexibility index (Phi) is 3.62. The molecule has 0 atom stereocenters. The van der Waals surface area contributed by atoms with E-state index in [0.717, 1.165) is 12.3 Å². The van der Waals surface area contributed by atoms with Gasteiger partial charge in [0.25, 0.3) is 0 Å². The maximum absolute atomic E-state index is 5.30. The Bertz CT molecular complexity index is 555.